The van der Waals surface area contributed by atoms with E-state index in [0.717, 1.165) is 11.3 Å². The highest BCUT2D eigenvalue weighted by atomic mass is 16.3. The van der Waals surface area contributed by atoms with E-state index in [2.05, 4.69) is 5.32 Å². The van der Waals surface area contributed by atoms with Gasteiger partial charge in [0.1, 0.15) is 17.6 Å². The molecule has 8 nitrogen and oxygen atoms in total. The Kier molecular flexibility index (Phi) is 4.27. The van der Waals surface area contributed by atoms with Gasteiger partial charge in [-0.2, -0.15) is 0 Å². The molecule has 21 heavy (non-hydrogen) atoms. The predicted molar refractivity (Wildman–Crippen MR) is 72.9 cm³/mol. The minimum atomic E-state index is -0.483. The number of nitrogen functional groups attached to an aromatic ring is 1. The second-order valence-corrected chi connectivity index (χ2v) is 4.87. The topological polar surface area (TPSA) is 118 Å². The van der Waals surface area contributed by atoms with Crippen molar-refractivity contribution in [1.82, 2.24) is 15.6 Å². The lowest BCUT2D eigenvalue weighted by Crippen LogP contribution is -2.31. The summed E-state index contributed by atoms with van der Waals surface area (Å²) in [5, 5.41) is 2.63. The van der Waals surface area contributed by atoms with E-state index >= 15 is 0 Å². The Morgan fingerprint density at radius 1 is 1.52 bits per heavy atom. The van der Waals surface area contributed by atoms with Crippen molar-refractivity contribution in [2.75, 3.05) is 0 Å². The first-order valence-electron chi connectivity index (χ1n) is 6.70. The van der Waals surface area contributed by atoms with E-state index in [-0.39, 0.29) is 18.0 Å². The van der Waals surface area contributed by atoms with Gasteiger partial charge in [0.25, 0.3) is 11.8 Å². The summed E-state index contributed by atoms with van der Waals surface area (Å²) < 4.78 is 5.40. The molecule has 4 N–H and O–H groups in total. The number of amides is 4. The van der Waals surface area contributed by atoms with Gasteiger partial charge < -0.3 is 9.73 Å². The molecule has 0 bridgehead atoms. The highest BCUT2D eigenvalue weighted by Gasteiger charge is 2.37. The van der Waals surface area contributed by atoms with Crippen LogP contribution < -0.4 is 16.6 Å². The van der Waals surface area contributed by atoms with Gasteiger partial charge in [-0.05, 0) is 19.4 Å². The molecule has 0 aliphatic carbocycles. The van der Waals surface area contributed by atoms with Crippen LogP contribution in [0.3, 0.4) is 0 Å². The number of nitrogens with two attached hydrogens (primary N) is 1. The van der Waals surface area contributed by atoms with Crippen LogP contribution in [0.15, 0.2) is 10.5 Å². The number of imide groups is 1. The lowest BCUT2D eigenvalue weighted by molar-refractivity contribution is -0.128. The Hall–Kier alpha value is -2.35. The Morgan fingerprint density at radius 2 is 2.24 bits per heavy atom. The fraction of sp³-hybridized carbons (Fsp3) is 0.462. The third-order valence-electron chi connectivity index (χ3n) is 3.34. The van der Waals surface area contributed by atoms with Gasteiger partial charge in [-0.3, -0.25) is 19.9 Å². The molecule has 0 spiro atoms. The Labute approximate surface area is 121 Å². The van der Waals surface area contributed by atoms with Gasteiger partial charge in [0.15, 0.2) is 0 Å². The maximum atomic E-state index is 12.1. The van der Waals surface area contributed by atoms with Crippen LogP contribution in [-0.4, -0.2) is 28.8 Å². The van der Waals surface area contributed by atoms with Crippen molar-refractivity contribution in [2.24, 2.45) is 5.84 Å². The van der Waals surface area contributed by atoms with Gasteiger partial charge in [-0.25, -0.2) is 10.6 Å². The summed E-state index contributed by atoms with van der Waals surface area (Å²) >= 11 is 0. The largest absolute Gasteiger partial charge is 0.464 e. The molecule has 1 aliphatic rings. The first-order valence-corrected chi connectivity index (χ1v) is 6.70. The van der Waals surface area contributed by atoms with Crippen molar-refractivity contribution >= 4 is 17.8 Å². The summed E-state index contributed by atoms with van der Waals surface area (Å²) in [5.74, 6) is 5.04. The van der Waals surface area contributed by atoms with Crippen molar-refractivity contribution in [3.63, 3.8) is 0 Å². The molecule has 1 fully saturated rings. The van der Waals surface area contributed by atoms with Crippen LogP contribution in [0.5, 0.6) is 0 Å². The van der Waals surface area contributed by atoms with Crippen molar-refractivity contribution in [2.45, 2.75) is 39.3 Å². The van der Waals surface area contributed by atoms with E-state index in [1.807, 2.05) is 12.3 Å². The van der Waals surface area contributed by atoms with Crippen LogP contribution in [0.4, 0.5) is 4.79 Å². The van der Waals surface area contributed by atoms with E-state index in [9.17, 15) is 14.4 Å². The van der Waals surface area contributed by atoms with Crippen molar-refractivity contribution < 1.29 is 18.8 Å². The first-order chi connectivity index (χ1) is 9.97. The van der Waals surface area contributed by atoms with Gasteiger partial charge in [0.05, 0.1) is 12.1 Å². The Balaban J connectivity index is 2.13. The van der Waals surface area contributed by atoms with Crippen LogP contribution >= 0.6 is 0 Å². The van der Waals surface area contributed by atoms with Gasteiger partial charge in [0.2, 0.25) is 0 Å². The lowest BCUT2D eigenvalue weighted by Gasteiger charge is -2.10. The van der Waals surface area contributed by atoms with E-state index in [0.29, 0.717) is 17.9 Å². The van der Waals surface area contributed by atoms with Crippen molar-refractivity contribution in [3.8, 4) is 0 Å². The molecule has 0 radical (unpaired) electrons. The summed E-state index contributed by atoms with van der Waals surface area (Å²) in [4.78, 5) is 36.5. The van der Waals surface area contributed by atoms with E-state index in [1.165, 1.54) is 6.07 Å². The predicted octanol–water partition coefficient (Wildman–Crippen LogP) is 0.412. The molecule has 2 heterocycles. The molecule has 1 atom stereocenters. The average Bonchev–Trinajstić information content (AvgIpc) is 2.94. The van der Waals surface area contributed by atoms with E-state index in [1.54, 1.807) is 6.92 Å². The van der Waals surface area contributed by atoms with Crippen LogP contribution in [0, 0.1) is 6.92 Å². The summed E-state index contributed by atoms with van der Waals surface area (Å²) in [6, 6.07) is 0.549. The number of aryl methyl sites for hydroxylation is 1. The molecule has 114 valence electrons. The van der Waals surface area contributed by atoms with Gasteiger partial charge in [-0.1, -0.05) is 13.3 Å². The number of rotatable bonds is 5. The molecule has 0 aromatic carbocycles. The molecule has 0 saturated carbocycles. The summed E-state index contributed by atoms with van der Waals surface area (Å²) in [5.41, 5.74) is 2.29. The molecule has 1 saturated heterocycles. The fourth-order valence-electron chi connectivity index (χ4n) is 2.29. The van der Waals surface area contributed by atoms with Crippen LogP contribution in [0.1, 0.15) is 41.6 Å². The Bertz CT molecular complexity index is 581. The molecular formula is C13H18N4O4. The summed E-state index contributed by atoms with van der Waals surface area (Å²) in [6.45, 7) is 3.54. The van der Waals surface area contributed by atoms with Gasteiger partial charge in [0, 0.05) is 0 Å². The quantitative estimate of drug-likeness (QED) is 0.315. The maximum Gasteiger partial charge on any atom is 0.325 e. The summed E-state index contributed by atoms with van der Waals surface area (Å²) in [6.07, 6.45) is 1.39. The SMILES string of the molecule is CCCC1NC(=O)N(Cc2cc(C(=O)NN)c(C)o2)C1=O. The zero-order valence-corrected chi connectivity index (χ0v) is 11.9. The monoisotopic (exact) mass is 294 g/mol. The van der Waals surface area contributed by atoms with Crippen molar-refractivity contribution in [1.29, 1.82) is 0 Å². The second kappa shape index (κ2) is 5.96. The number of carbonyl (C=O) groups is 3. The zero-order chi connectivity index (χ0) is 15.6. The smallest absolute Gasteiger partial charge is 0.325 e. The minimum absolute atomic E-state index is 0.0103. The molecule has 8 heteroatoms. The Morgan fingerprint density at radius 3 is 2.86 bits per heavy atom. The fourth-order valence-corrected chi connectivity index (χ4v) is 2.29. The number of carbonyl (C=O) groups excluding carboxylic acids is 3. The normalized spacial score (nSPS) is 18.0. The number of hydrazine groups is 1. The minimum Gasteiger partial charge on any atom is -0.464 e. The third-order valence-corrected chi connectivity index (χ3v) is 3.34. The molecule has 1 aromatic rings. The number of urea groups is 1. The van der Waals surface area contributed by atoms with Crippen molar-refractivity contribution in [3.05, 3.63) is 23.2 Å². The number of hydrogen-bond acceptors (Lipinski definition) is 5. The van der Waals surface area contributed by atoms with Crippen LogP contribution in [0.25, 0.3) is 0 Å². The second-order valence-electron chi connectivity index (χ2n) is 4.87. The zero-order valence-electron chi connectivity index (χ0n) is 11.9. The van der Waals surface area contributed by atoms with Crippen LogP contribution in [0.2, 0.25) is 0 Å². The van der Waals surface area contributed by atoms with E-state index in [4.69, 9.17) is 10.3 Å². The highest BCUT2D eigenvalue weighted by molar-refractivity contribution is 6.04. The maximum absolute atomic E-state index is 12.1. The molecule has 1 aromatic heterocycles. The summed E-state index contributed by atoms with van der Waals surface area (Å²) in [7, 11) is 0. The third kappa shape index (κ3) is 2.89. The number of nitrogens with zero attached hydrogens (tertiary/aromatic N) is 1. The molecule has 2 rings (SSSR count). The molecule has 1 aliphatic heterocycles. The van der Waals surface area contributed by atoms with Crippen LogP contribution in [-0.2, 0) is 11.3 Å². The standard InChI is InChI=1S/C13H18N4O4/c1-3-4-10-12(19)17(13(20)15-10)6-8-5-9(7(2)21-8)11(18)16-14/h5,10H,3-4,6,14H2,1-2H3,(H,15,20)(H,16,18). The molecule has 1 unspecified atom stereocenters. The van der Waals surface area contributed by atoms with Gasteiger partial charge in [-0.15, -0.1) is 0 Å². The lowest BCUT2D eigenvalue weighted by atomic mass is 10.1. The highest BCUT2D eigenvalue weighted by Crippen LogP contribution is 2.19. The first kappa shape index (κ1) is 15.0. The molecule has 4 amide bonds. The number of nitrogens with one attached hydrogen (secondary N) is 2. The number of hydrogen-bond donors (Lipinski definition) is 3. The average molecular weight is 294 g/mol. The molecular weight excluding hydrogens is 276 g/mol. The number of furan rings is 1. The van der Waals surface area contributed by atoms with Gasteiger partial charge >= 0.3 is 6.03 Å². The van der Waals surface area contributed by atoms with E-state index < -0.39 is 18.0 Å².